The SMILES string of the molecule is CC(C)(C)c1ccc(C(CCCOB(O)O)(c2ccc(C(C)(C)C)cc2)c2ccc(C(C)(C)C)cc2)cc1.CCCC[N+](CCCC)(CCCC)CCCC. The highest BCUT2D eigenvalue weighted by molar-refractivity contribution is 6.32. The second kappa shape index (κ2) is 22.5. The molecular weight excluding hydrogens is 673 g/mol. The molecule has 55 heavy (non-hydrogen) atoms. The van der Waals surface area contributed by atoms with Gasteiger partial charge in [-0.15, -0.1) is 0 Å². The molecule has 0 aliphatic carbocycles. The highest BCUT2D eigenvalue weighted by Crippen LogP contribution is 2.45. The fourth-order valence-electron chi connectivity index (χ4n) is 7.87. The molecule has 0 bridgehead atoms. The lowest BCUT2D eigenvalue weighted by Crippen LogP contribution is -2.50. The quantitative estimate of drug-likeness (QED) is 0.0522. The molecule has 0 aliphatic rings. The zero-order valence-electron chi connectivity index (χ0n) is 37.9. The van der Waals surface area contributed by atoms with E-state index < -0.39 is 12.7 Å². The largest absolute Gasteiger partial charge is 0.633 e. The molecule has 0 amide bonds. The Kier molecular flexibility index (Phi) is 19.9. The lowest BCUT2D eigenvalue weighted by Gasteiger charge is -2.39. The summed E-state index contributed by atoms with van der Waals surface area (Å²) in [6.45, 7) is 35.4. The van der Waals surface area contributed by atoms with Gasteiger partial charge in [0.05, 0.1) is 26.2 Å². The summed E-state index contributed by atoms with van der Waals surface area (Å²) in [6.07, 6.45) is 12.5. The van der Waals surface area contributed by atoms with Crippen LogP contribution in [-0.2, 0) is 26.3 Å². The predicted molar refractivity (Wildman–Crippen MR) is 240 cm³/mol. The van der Waals surface area contributed by atoms with Gasteiger partial charge in [-0.05, 0) is 88.2 Å². The van der Waals surface area contributed by atoms with Gasteiger partial charge in [0.25, 0.3) is 0 Å². The van der Waals surface area contributed by atoms with E-state index in [4.69, 9.17) is 4.65 Å². The van der Waals surface area contributed by atoms with E-state index in [2.05, 4.69) is 163 Å². The molecule has 4 nitrogen and oxygen atoms in total. The number of hydrogen-bond donors (Lipinski definition) is 2. The average Bonchev–Trinajstić information content (AvgIpc) is 3.14. The number of unbranched alkanes of at least 4 members (excludes halogenated alkanes) is 4. The van der Waals surface area contributed by atoms with Crippen LogP contribution in [0.15, 0.2) is 72.8 Å². The minimum absolute atomic E-state index is 0.0645. The van der Waals surface area contributed by atoms with E-state index in [0.29, 0.717) is 6.42 Å². The van der Waals surface area contributed by atoms with Crippen LogP contribution < -0.4 is 0 Å². The Morgan fingerprint density at radius 3 is 0.909 bits per heavy atom. The zero-order chi connectivity index (χ0) is 41.3. The molecule has 0 unspecified atom stereocenters. The summed E-state index contributed by atoms with van der Waals surface area (Å²) in [4.78, 5) is 0. The summed E-state index contributed by atoms with van der Waals surface area (Å²) in [5, 5.41) is 18.6. The first-order valence-corrected chi connectivity index (χ1v) is 22.0. The number of nitrogens with zero attached hydrogens (tertiary/aromatic N) is 1. The molecule has 3 aromatic rings. The molecular formula is C50H83BNO3+. The maximum Gasteiger partial charge on any atom is 0.633 e. The van der Waals surface area contributed by atoms with Gasteiger partial charge in [0.2, 0.25) is 0 Å². The molecule has 3 rings (SSSR count). The van der Waals surface area contributed by atoms with Crippen LogP contribution >= 0.6 is 0 Å². The number of benzene rings is 3. The van der Waals surface area contributed by atoms with Crippen LogP contribution in [-0.4, -0.2) is 54.6 Å². The normalized spacial score (nSPS) is 12.7. The lowest BCUT2D eigenvalue weighted by molar-refractivity contribution is -0.929. The van der Waals surface area contributed by atoms with Crippen molar-refractivity contribution in [2.24, 2.45) is 0 Å². The van der Waals surface area contributed by atoms with Gasteiger partial charge in [0.1, 0.15) is 0 Å². The van der Waals surface area contributed by atoms with Gasteiger partial charge in [0.15, 0.2) is 0 Å². The third-order valence-corrected chi connectivity index (χ3v) is 11.6. The minimum atomic E-state index is -1.76. The number of rotatable bonds is 20. The van der Waals surface area contributed by atoms with E-state index in [-0.39, 0.29) is 22.9 Å². The van der Waals surface area contributed by atoms with Crippen LogP contribution in [0.5, 0.6) is 0 Å². The molecule has 0 saturated heterocycles. The summed E-state index contributed by atoms with van der Waals surface area (Å²) in [5.41, 5.74) is 7.34. The Balaban J connectivity index is 0.000000518. The third-order valence-electron chi connectivity index (χ3n) is 11.6. The van der Waals surface area contributed by atoms with Gasteiger partial charge in [0, 0.05) is 12.0 Å². The molecule has 0 radical (unpaired) electrons. The second-order valence-electron chi connectivity index (χ2n) is 19.3. The van der Waals surface area contributed by atoms with Gasteiger partial charge in [-0.3, -0.25) is 0 Å². The van der Waals surface area contributed by atoms with Crippen molar-refractivity contribution < 1.29 is 19.2 Å². The van der Waals surface area contributed by atoms with Crippen molar-refractivity contribution in [1.29, 1.82) is 0 Å². The van der Waals surface area contributed by atoms with Crippen molar-refractivity contribution in [3.8, 4) is 0 Å². The van der Waals surface area contributed by atoms with E-state index in [1.165, 1.54) is 115 Å². The van der Waals surface area contributed by atoms with Gasteiger partial charge >= 0.3 is 7.32 Å². The first-order valence-electron chi connectivity index (χ1n) is 22.0. The lowest BCUT2D eigenvalue weighted by atomic mass is 9.65. The van der Waals surface area contributed by atoms with Gasteiger partial charge in [-0.25, -0.2) is 0 Å². The predicted octanol–water partition coefficient (Wildman–Crippen LogP) is 12.7. The summed E-state index contributed by atoms with van der Waals surface area (Å²) in [5.74, 6) is 0. The molecule has 0 heterocycles. The first kappa shape index (κ1) is 48.7. The molecule has 0 spiro atoms. The number of quaternary nitrogens is 1. The number of hydrogen-bond acceptors (Lipinski definition) is 3. The molecule has 0 aromatic heterocycles. The Bertz CT molecular complexity index is 1280. The average molecular weight is 757 g/mol. The van der Waals surface area contributed by atoms with Crippen LogP contribution in [0, 0.1) is 0 Å². The van der Waals surface area contributed by atoms with Crippen LogP contribution in [0.3, 0.4) is 0 Å². The van der Waals surface area contributed by atoms with Crippen molar-refractivity contribution in [1.82, 2.24) is 0 Å². The summed E-state index contributed by atoms with van der Waals surface area (Å²) in [6, 6.07) is 27.2. The van der Waals surface area contributed by atoms with Crippen LogP contribution in [0.1, 0.15) is 188 Å². The van der Waals surface area contributed by atoms with Crippen molar-refractivity contribution >= 4 is 7.32 Å². The second-order valence-corrected chi connectivity index (χ2v) is 19.3. The monoisotopic (exact) mass is 757 g/mol. The fourth-order valence-corrected chi connectivity index (χ4v) is 7.87. The Labute approximate surface area is 340 Å². The molecule has 0 fully saturated rings. The van der Waals surface area contributed by atoms with E-state index in [1.54, 1.807) is 0 Å². The van der Waals surface area contributed by atoms with E-state index >= 15 is 0 Å². The molecule has 3 aromatic carbocycles. The summed E-state index contributed by atoms with van der Waals surface area (Å²) < 4.78 is 6.57. The standard InChI is InChI=1S/C34H47BO3.C16H36N/c1-31(2,3)25-11-17-28(18-12-25)34(23-10-24-38-35(36)37,29-19-13-26(14-20-29)32(4,5)6)30-21-15-27(16-22-30)33(7,8)9;1-5-9-13-17(14-10-6-2,15-11-7-3)16-12-8-4/h11-22,36-37H,10,23-24H2,1-9H3;5-16H2,1-4H3/q;+1. The molecule has 0 atom stereocenters. The zero-order valence-corrected chi connectivity index (χ0v) is 37.9. The third kappa shape index (κ3) is 15.1. The fraction of sp³-hybridized carbons (Fsp3) is 0.640. The van der Waals surface area contributed by atoms with Crippen molar-refractivity contribution in [3.63, 3.8) is 0 Å². The Morgan fingerprint density at radius 1 is 0.436 bits per heavy atom. The highest BCUT2D eigenvalue weighted by atomic mass is 16.6. The molecule has 5 heteroatoms. The molecule has 308 valence electrons. The van der Waals surface area contributed by atoms with Crippen LogP contribution in [0.25, 0.3) is 0 Å². The van der Waals surface area contributed by atoms with Crippen molar-refractivity contribution in [2.45, 2.75) is 176 Å². The Morgan fingerprint density at radius 2 is 0.691 bits per heavy atom. The van der Waals surface area contributed by atoms with E-state index in [0.717, 1.165) is 6.42 Å². The topological polar surface area (TPSA) is 49.7 Å². The summed E-state index contributed by atoms with van der Waals surface area (Å²) in [7, 11) is -1.76. The molecule has 0 aliphatic heterocycles. The van der Waals surface area contributed by atoms with Crippen molar-refractivity contribution in [2.75, 3.05) is 32.8 Å². The van der Waals surface area contributed by atoms with E-state index in [1.807, 2.05) is 0 Å². The van der Waals surface area contributed by atoms with E-state index in [9.17, 15) is 10.0 Å². The summed E-state index contributed by atoms with van der Waals surface area (Å²) >= 11 is 0. The van der Waals surface area contributed by atoms with Gasteiger partial charge in [-0.2, -0.15) is 0 Å². The van der Waals surface area contributed by atoms with Crippen LogP contribution in [0.2, 0.25) is 0 Å². The maximum absolute atomic E-state index is 9.29. The Hall–Kier alpha value is -2.44. The van der Waals surface area contributed by atoms with Crippen LogP contribution in [0.4, 0.5) is 0 Å². The smallest absolute Gasteiger partial charge is 0.402 e. The molecule has 2 N–H and O–H groups in total. The highest BCUT2D eigenvalue weighted by Gasteiger charge is 2.37. The molecule has 0 saturated carbocycles. The first-order chi connectivity index (χ1) is 25.8. The van der Waals surface area contributed by atoms with Crippen molar-refractivity contribution in [3.05, 3.63) is 106 Å². The van der Waals surface area contributed by atoms with Gasteiger partial charge in [-0.1, -0.05) is 188 Å². The van der Waals surface area contributed by atoms with Gasteiger partial charge < -0.3 is 19.2 Å². The maximum atomic E-state index is 9.29. The minimum Gasteiger partial charge on any atom is -0.402 e.